The van der Waals surface area contributed by atoms with E-state index in [-0.39, 0.29) is 12.0 Å². The SMILES string of the molecule is COC(=O)CCNC(C)c1ccc(OC)cc1. The van der Waals surface area contributed by atoms with Crippen LogP contribution in [0.15, 0.2) is 24.3 Å². The summed E-state index contributed by atoms with van der Waals surface area (Å²) in [5.41, 5.74) is 1.16. The average molecular weight is 237 g/mol. The summed E-state index contributed by atoms with van der Waals surface area (Å²) < 4.78 is 9.67. The summed E-state index contributed by atoms with van der Waals surface area (Å²) in [6.45, 7) is 2.67. The van der Waals surface area contributed by atoms with Crippen LogP contribution in [0.25, 0.3) is 0 Å². The molecule has 1 N–H and O–H groups in total. The van der Waals surface area contributed by atoms with Crippen LogP contribution < -0.4 is 10.1 Å². The second-order valence-corrected chi connectivity index (χ2v) is 3.78. The highest BCUT2D eigenvalue weighted by Crippen LogP contribution is 2.16. The zero-order valence-electron chi connectivity index (χ0n) is 10.5. The van der Waals surface area contributed by atoms with Gasteiger partial charge in [0.25, 0.3) is 0 Å². The summed E-state index contributed by atoms with van der Waals surface area (Å²) >= 11 is 0. The Balaban J connectivity index is 2.40. The topological polar surface area (TPSA) is 47.6 Å². The Labute approximate surface area is 102 Å². The molecule has 4 nitrogen and oxygen atoms in total. The molecular formula is C13H19NO3. The van der Waals surface area contributed by atoms with Gasteiger partial charge in [0, 0.05) is 12.6 Å². The molecule has 1 rings (SSSR count). The van der Waals surface area contributed by atoms with Gasteiger partial charge in [-0.2, -0.15) is 0 Å². The van der Waals surface area contributed by atoms with Gasteiger partial charge in [-0.3, -0.25) is 4.79 Å². The van der Waals surface area contributed by atoms with E-state index >= 15 is 0 Å². The van der Waals surface area contributed by atoms with Gasteiger partial charge in [0.1, 0.15) is 5.75 Å². The highest BCUT2D eigenvalue weighted by molar-refractivity contribution is 5.69. The van der Waals surface area contributed by atoms with Gasteiger partial charge in [0.05, 0.1) is 20.6 Å². The second kappa shape index (κ2) is 6.91. The van der Waals surface area contributed by atoms with Crippen LogP contribution in [0.2, 0.25) is 0 Å². The molecule has 1 atom stereocenters. The van der Waals surface area contributed by atoms with E-state index in [2.05, 4.69) is 17.0 Å². The average Bonchev–Trinajstić information content (AvgIpc) is 2.38. The summed E-state index contributed by atoms with van der Waals surface area (Å²) in [6, 6.07) is 8.07. The highest BCUT2D eigenvalue weighted by Gasteiger charge is 2.06. The molecule has 0 fully saturated rings. The van der Waals surface area contributed by atoms with Crippen molar-refractivity contribution in [1.82, 2.24) is 5.32 Å². The van der Waals surface area contributed by atoms with Gasteiger partial charge >= 0.3 is 5.97 Å². The van der Waals surface area contributed by atoms with Crippen LogP contribution in [0.1, 0.15) is 24.9 Å². The number of ether oxygens (including phenoxy) is 2. The third-order valence-electron chi connectivity index (χ3n) is 2.62. The summed E-state index contributed by atoms with van der Waals surface area (Å²) in [5, 5.41) is 3.26. The van der Waals surface area contributed by atoms with Crippen LogP contribution in [0, 0.1) is 0 Å². The van der Waals surface area contributed by atoms with E-state index in [0.717, 1.165) is 11.3 Å². The van der Waals surface area contributed by atoms with Crippen LogP contribution >= 0.6 is 0 Å². The van der Waals surface area contributed by atoms with Crippen molar-refractivity contribution in [3.05, 3.63) is 29.8 Å². The van der Waals surface area contributed by atoms with Crippen LogP contribution in [0.4, 0.5) is 0 Å². The summed E-state index contributed by atoms with van der Waals surface area (Å²) in [6.07, 6.45) is 0.386. The van der Waals surface area contributed by atoms with Gasteiger partial charge in [-0.1, -0.05) is 12.1 Å². The third-order valence-corrected chi connectivity index (χ3v) is 2.62. The Morgan fingerprint density at radius 1 is 1.29 bits per heavy atom. The molecule has 0 spiro atoms. The number of hydrogen-bond acceptors (Lipinski definition) is 4. The molecule has 0 aliphatic rings. The van der Waals surface area contributed by atoms with E-state index in [9.17, 15) is 4.79 Å². The fraction of sp³-hybridized carbons (Fsp3) is 0.462. The Kier molecular flexibility index (Phi) is 5.49. The number of benzene rings is 1. The maximum Gasteiger partial charge on any atom is 0.306 e. The predicted octanol–water partition coefficient (Wildman–Crippen LogP) is 1.91. The van der Waals surface area contributed by atoms with Gasteiger partial charge in [-0.15, -0.1) is 0 Å². The van der Waals surface area contributed by atoms with Crippen LogP contribution in [0.5, 0.6) is 5.75 Å². The minimum absolute atomic E-state index is 0.195. The number of esters is 1. The molecule has 0 aliphatic carbocycles. The Bertz CT molecular complexity index is 348. The lowest BCUT2D eigenvalue weighted by Gasteiger charge is -2.14. The molecule has 0 amide bonds. The Hall–Kier alpha value is -1.55. The number of rotatable bonds is 6. The van der Waals surface area contributed by atoms with Crippen molar-refractivity contribution in [2.75, 3.05) is 20.8 Å². The van der Waals surface area contributed by atoms with E-state index in [1.165, 1.54) is 7.11 Å². The second-order valence-electron chi connectivity index (χ2n) is 3.78. The molecule has 0 saturated carbocycles. The van der Waals surface area contributed by atoms with Gasteiger partial charge in [0.15, 0.2) is 0 Å². The Morgan fingerprint density at radius 3 is 2.47 bits per heavy atom. The van der Waals surface area contributed by atoms with Gasteiger partial charge in [0.2, 0.25) is 0 Å². The summed E-state index contributed by atoms with van der Waals surface area (Å²) in [7, 11) is 3.04. The smallest absolute Gasteiger partial charge is 0.306 e. The van der Waals surface area contributed by atoms with Crippen LogP contribution in [-0.4, -0.2) is 26.7 Å². The first-order valence-electron chi connectivity index (χ1n) is 5.61. The van der Waals surface area contributed by atoms with E-state index in [4.69, 9.17) is 4.74 Å². The van der Waals surface area contributed by atoms with Crippen molar-refractivity contribution in [3.8, 4) is 5.75 Å². The lowest BCUT2D eigenvalue weighted by atomic mass is 10.1. The first kappa shape index (κ1) is 13.5. The first-order chi connectivity index (χ1) is 8.17. The molecular weight excluding hydrogens is 218 g/mol. The number of carbonyl (C=O) groups is 1. The van der Waals surface area contributed by atoms with Gasteiger partial charge in [-0.05, 0) is 24.6 Å². The summed E-state index contributed by atoms with van der Waals surface area (Å²) in [5.74, 6) is 0.648. The molecule has 0 heterocycles. The molecule has 1 unspecified atom stereocenters. The quantitative estimate of drug-likeness (QED) is 0.768. The largest absolute Gasteiger partial charge is 0.497 e. The van der Waals surface area contributed by atoms with Crippen LogP contribution in [-0.2, 0) is 9.53 Å². The molecule has 94 valence electrons. The van der Waals surface area contributed by atoms with E-state index < -0.39 is 0 Å². The Morgan fingerprint density at radius 2 is 1.94 bits per heavy atom. The molecule has 0 aliphatic heterocycles. The molecule has 4 heteroatoms. The fourth-order valence-corrected chi connectivity index (χ4v) is 1.50. The normalized spacial score (nSPS) is 11.9. The standard InChI is InChI=1S/C13H19NO3/c1-10(14-9-8-13(15)17-3)11-4-6-12(16-2)7-5-11/h4-7,10,14H,8-9H2,1-3H3. The number of nitrogens with one attached hydrogen (secondary N) is 1. The minimum Gasteiger partial charge on any atom is -0.497 e. The molecule has 0 bridgehead atoms. The number of carbonyl (C=O) groups excluding carboxylic acids is 1. The lowest BCUT2D eigenvalue weighted by Crippen LogP contribution is -2.22. The number of hydrogen-bond donors (Lipinski definition) is 1. The zero-order valence-corrected chi connectivity index (χ0v) is 10.5. The third kappa shape index (κ3) is 4.44. The predicted molar refractivity (Wildman–Crippen MR) is 66.0 cm³/mol. The fourth-order valence-electron chi connectivity index (χ4n) is 1.50. The molecule has 0 aromatic heterocycles. The van der Waals surface area contributed by atoms with Gasteiger partial charge < -0.3 is 14.8 Å². The highest BCUT2D eigenvalue weighted by atomic mass is 16.5. The van der Waals surface area contributed by atoms with Crippen molar-refractivity contribution < 1.29 is 14.3 Å². The molecule has 0 saturated heterocycles. The lowest BCUT2D eigenvalue weighted by molar-refractivity contribution is -0.140. The zero-order chi connectivity index (χ0) is 12.7. The van der Waals surface area contributed by atoms with E-state index in [0.29, 0.717) is 13.0 Å². The van der Waals surface area contributed by atoms with Crippen LogP contribution in [0.3, 0.4) is 0 Å². The number of methoxy groups -OCH3 is 2. The van der Waals surface area contributed by atoms with Crippen molar-refractivity contribution >= 4 is 5.97 Å². The summed E-state index contributed by atoms with van der Waals surface area (Å²) in [4.78, 5) is 10.9. The molecule has 1 aromatic carbocycles. The van der Waals surface area contributed by atoms with Gasteiger partial charge in [-0.25, -0.2) is 0 Å². The molecule has 0 radical (unpaired) electrons. The van der Waals surface area contributed by atoms with E-state index in [1.54, 1.807) is 7.11 Å². The van der Waals surface area contributed by atoms with Crippen molar-refractivity contribution in [1.29, 1.82) is 0 Å². The van der Waals surface area contributed by atoms with Crippen molar-refractivity contribution in [2.24, 2.45) is 0 Å². The molecule has 1 aromatic rings. The monoisotopic (exact) mass is 237 g/mol. The molecule has 17 heavy (non-hydrogen) atoms. The maximum atomic E-state index is 10.9. The van der Waals surface area contributed by atoms with Crippen molar-refractivity contribution in [3.63, 3.8) is 0 Å². The minimum atomic E-state index is -0.195. The maximum absolute atomic E-state index is 10.9. The van der Waals surface area contributed by atoms with E-state index in [1.807, 2.05) is 24.3 Å². The van der Waals surface area contributed by atoms with Crippen molar-refractivity contribution in [2.45, 2.75) is 19.4 Å². The first-order valence-corrected chi connectivity index (χ1v) is 5.61.